The molecule has 0 amide bonds. The molecule has 0 radical (unpaired) electrons. The Bertz CT molecular complexity index is 567. The Morgan fingerprint density at radius 1 is 1.28 bits per heavy atom. The molecular weight excluding hydrogens is 224 g/mol. The number of ketones is 1. The second-order valence-electron chi connectivity index (χ2n) is 5.53. The van der Waals surface area contributed by atoms with Crippen LogP contribution in [0.15, 0.2) is 18.2 Å². The maximum atomic E-state index is 12.0. The van der Waals surface area contributed by atoms with E-state index in [9.17, 15) is 4.79 Å². The predicted octanol–water partition coefficient (Wildman–Crippen LogP) is 3.92. The lowest BCUT2D eigenvalue weighted by Gasteiger charge is -2.03. The molecule has 1 N–H and O–H groups in total. The van der Waals surface area contributed by atoms with Gasteiger partial charge in [0, 0.05) is 17.9 Å². The molecule has 0 saturated carbocycles. The Hall–Kier alpha value is -1.64. The summed E-state index contributed by atoms with van der Waals surface area (Å²) in [5.41, 5.74) is 2.66. The lowest BCUT2D eigenvalue weighted by Crippen LogP contribution is -2.03. The van der Waals surface area contributed by atoms with Crippen LogP contribution in [0.1, 0.15) is 56.2 Å². The number of aromatic nitrogens is 2. The molecular formula is C15H20N2O. The highest BCUT2D eigenvalue weighted by Crippen LogP contribution is 2.19. The average molecular weight is 244 g/mol. The van der Waals surface area contributed by atoms with E-state index in [1.165, 1.54) is 0 Å². The van der Waals surface area contributed by atoms with Crippen molar-refractivity contribution in [3.8, 4) is 0 Å². The number of benzene rings is 1. The maximum absolute atomic E-state index is 12.0. The summed E-state index contributed by atoms with van der Waals surface area (Å²) in [5.74, 6) is 1.93. The summed E-state index contributed by atoms with van der Waals surface area (Å²) in [6.07, 6.45) is 0.594. The summed E-state index contributed by atoms with van der Waals surface area (Å²) in [6, 6.07) is 5.71. The van der Waals surface area contributed by atoms with Crippen molar-refractivity contribution in [2.24, 2.45) is 5.92 Å². The van der Waals surface area contributed by atoms with Gasteiger partial charge in [0.2, 0.25) is 0 Å². The number of fused-ring (bicyclic) bond motifs is 1. The third kappa shape index (κ3) is 2.61. The zero-order valence-electron chi connectivity index (χ0n) is 11.4. The molecule has 0 aliphatic carbocycles. The van der Waals surface area contributed by atoms with Gasteiger partial charge in [-0.05, 0) is 24.1 Å². The highest BCUT2D eigenvalue weighted by molar-refractivity contribution is 5.98. The van der Waals surface area contributed by atoms with Crippen molar-refractivity contribution < 1.29 is 4.79 Å². The minimum absolute atomic E-state index is 0.201. The van der Waals surface area contributed by atoms with Crippen molar-refractivity contribution in [3.63, 3.8) is 0 Å². The topological polar surface area (TPSA) is 45.8 Å². The number of aromatic amines is 1. The fourth-order valence-electron chi connectivity index (χ4n) is 1.96. The monoisotopic (exact) mass is 244 g/mol. The molecule has 1 aromatic carbocycles. The second-order valence-corrected chi connectivity index (χ2v) is 5.53. The Morgan fingerprint density at radius 3 is 2.61 bits per heavy atom. The van der Waals surface area contributed by atoms with Gasteiger partial charge in [0.1, 0.15) is 5.82 Å². The number of imidazole rings is 1. The summed E-state index contributed by atoms with van der Waals surface area (Å²) in [4.78, 5) is 19.8. The fourth-order valence-corrected chi connectivity index (χ4v) is 1.96. The largest absolute Gasteiger partial charge is 0.342 e. The van der Waals surface area contributed by atoms with Crippen molar-refractivity contribution in [1.29, 1.82) is 0 Å². The SMILES string of the molecule is CC(C)CC(=O)c1ccc2nc(C(C)C)[nH]c2c1. The molecule has 0 aliphatic heterocycles. The highest BCUT2D eigenvalue weighted by atomic mass is 16.1. The van der Waals surface area contributed by atoms with E-state index in [1.54, 1.807) is 0 Å². The molecule has 3 nitrogen and oxygen atoms in total. The standard InChI is InChI=1S/C15H20N2O/c1-9(2)7-14(18)11-5-6-12-13(8-11)17-15(16-12)10(3)4/h5-6,8-10H,7H2,1-4H3,(H,16,17). The van der Waals surface area contributed by atoms with Crippen LogP contribution in [0.4, 0.5) is 0 Å². The summed E-state index contributed by atoms with van der Waals surface area (Å²) in [7, 11) is 0. The predicted molar refractivity (Wildman–Crippen MR) is 74.0 cm³/mol. The van der Waals surface area contributed by atoms with Gasteiger partial charge in [-0.15, -0.1) is 0 Å². The summed E-state index contributed by atoms with van der Waals surface area (Å²) in [6.45, 7) is 8.32. The van der Waals surface area contributed by atoms with E-state index in [4.69, 9.17) is 0 Å². The average Bonchev–Trinajstić information content (AvgIpc) is 2.70. The zero-order valence-corrected chi connectivity index (χ0v) is 11.4. The van der Waals surface area contributed by atoms with Crippen LogP contribution in [0.3, 0.4) is 0 Å². The van der Waals surface area contributed by atoms with E-state index >= 15 is 0 Å². The fraction of sp³-hybridized carbons (Fsp3) is 0.467. The Kier molecular flexibility index (Phi) is 3.50. The Morgan fingerprint density at radius 2 is 2.00 bits per heavy atom. The molecule has 96 valence electrons. The molecule has 0 spiro atoms. The minimum Gasteiger partial charge on any atom is -0.342 e. The number of Topliss-reactive ketones (excluding diaryl/α,β-unsaturated/α-hetero) is 1. The molecule has 0 fully saturated rings. The van der Waals surface area contributed by atoms with Crippen LogP contribution in [-0.4, -0.2) is 15.8 Å². The number of nitrogens with one attached hydrogen (secondary N) is 1. The summed E-state index contributed by atoms with van der Waals surface area (Å²) < 4.78 is 0. The van der Waals surface area contributed by atoms with Gasteiger partial charge in [-0.2, -0.15) is 0 Å². The van der Waals surface area contributed by atoms with Gasteiger partial charge in [-0.1, -0.05) is 27.7 Å². The van der Waals surface area contributed by atoms with Gasteiger partial charge in [-0.3, -0.25) is 4.79 Å². The van der Waals surface area contributed by atoms with Crippen LogP contribution >= 0.6 is 0 Å². The first-order valence-electron chi connectivity index (χ1n) is 6.50. The van der Waals surface area contributed by atoms with E-state index in [0.717, 1.165) is 22.4 Å². The van der Waals surface area contributed by atoms with Crippen LogP contribution in [0.25, 0.3) is 11.0 Å². The number of rotatable bonds is 4. The van der Waals surface area contributed by atoms with Crippen LogP contribution in [0, 0.1) is 5.92 Å². The highest BCUT2D eigenvalue weighted by Gasteiger charge is 2.11. The van der Waals surface area contributed by atoms with Crippen molar-refractivity contribution in [2.45, 2.75) is 40.0 Å². The number of nitrogens with zero attached hydrogens (tertiary/aromatic N) is 1. The van der Waals surface area contributed by atoms with Crippen molar-refractivity contribution in [1.82, 2.24) is 9.97 Å². The Balaban J connectivity index is 2.35. The normalized spacial score (nSPS) is 11.7. The molecule has 2 rings (SSSR count). The first kappa shape index (κ1) is 12.8. The Labute approximate surface area is 108 Å². The van der Waals surface area contributed by atoms with Gasteiger partial charge < -0.3 is 4.98 Å². The van der Waals surface area contributed by atoms with Gasteiger partial charge in [0.15, 0.2) is 5.78 Å². The third-order valence-corrected chi connectivity index (χ3v) is 2.96. The molecule has 1 aromatic heterocycles. The van der Waals surface area contributed by atoms with Crippen LogP contribution in [-0.2, 0) is 0 Å². The van der Waals surface area contributed by atoms with Gasteiger partial charge in [0.25, 0.3) is 0 Å². The molecule has 0 atom stereocenters. The molecule has 0 unspecified atom stereocenters. The number of H-pyrrole nitrogens is 1. The molecule has 1 heterocycles. The van der Waals surface area contributed by atoms with Crippen LogP contribution in [0.2, 0.25) is 0 Å². The van der Waals surface area contributed by atoms with Crippen LogP contribution in [0.5, 0.6) is 0 Å². The quantitative estimate of drug-likeness (QED) is 0.829. The number of carbonyl (C=O) groups is 1. The van der Waals surface area contributed by atoms with Gasteiger partial charge >= 0.3 is 0 Å². The molecule has 3 heteroatoms. The first-order valence-corrected chi connectivity index (χ1v) is 6.50. The smallest absolute Gasteiger partial charge is 0.163 e. The van der Waals surface area contributed by atoms with Gasteiger partial charge in [0.05, 0.1) is 11.0 Å². The summed E-state index contributed by atoms with van der Waals surface area (Å²) >= 11 is 0. The number of hydrogen-bond donors (Lipinski definition) is 1. The van der Waals surface area contributed by atoms with E-state index in [2.05, 4.69) is 37.7 Å². The van der Waals surface area contributed by atoms with E-state index in [-0.39, 0.29) is 5.78 Å². The van der Waals surface area contributed by atoms with Crippen molar-refractivity contribution >= 4 is 16.8 Å². The number of hydrogen-bond acceptors (Lipinski definition) is 2. The molecule has 0 saturated heterocycles. The molecule has 0 aliphatic rings. The second kappa shape index (κ2) is 4.92. The zero-order chi connectivity index (χ0) is 13.3. The van der Waals surface area contributed by atoms with Crippen molar-refractivity contribution in [2.75, 3.05) is 0 Å². The molecule has 2 aromatic rings. The molecule has 0 bridgehead atoms. The minimum atomic E-state index is 0.201. The molecule has 18 heavy (non-hydrogen) atoms. The van der Waals surface area contributed by atoms with Gasteiger partial charge in [-0.25, -0.2) is 4.98 Å². The number of carbonyl (C=O) groups excluding carboxylic acids is 1. The van der Waals surface area contributed by atoms with E-state index < -0.39 is 0 Å². The summed E-state index contributed by atoms with van der Waals surface area (Å²) in [5, 5.41) is 0. The lowest BCUT2D eigenvalue weighted by molar-refractivity contribution is 0.0968. The van der Waals surface area contributed by atoms with E-state index in [1.807, 2.05) is 18.2 Å². The first-order chi connectivity index (χ1) is 8.47. The van der Waals surface area contributed by atoms with E-state index in [0.29, 0.717) is 18.3 Å². The van der Waals surface area contributed by atoms with Crippen LogP contribution < -0.4 is 0 Å². The van der Waals surface area contributed by atoms with Crippen molar-refractivity contribution in [3.05, 3.63) is 29.6 Å². The lowest BCUT2D eigenvalue weighted by atomic mass is 10.0. The third-order valence-electron chi connectivity index (χ3n) is 2.96. The maximum Gasteiger partial charge on any atom is 0.163 e.